The average molecular weight is 271 g/mol. The summed E-state index contributed by atoms with van der Waals surface area (Å²) in [5.41, 5.74) is 9.67. The molecule has 0 fully saturated rings. The van der Waals surface area contributed by atoms with E-state index in [1.807, 2.05) is 26.8 Å². The second-order valence-corrected chi connectivity index (χ2v) is 5.23. The van der Waals surface area contributed by atoms with Gasteiger partial charge in [-0.15, -0.1) is 0 Å². The number of aryl methyl sites for hydroxylation is 3. The topological polar surface area (TPSA) is 77.6 Å². The van der Waals surface area contributed by atoms with Crippen molar-refractivity contribution < 1.29 is 0 Å². The van der Waals surface area contributed by atoms with Gasteiger partial charge in [-0.3, -0.25) is 0 Å². The van der Waals surface area contributed by atoms with Crippen LogP contribution in [0.25, 0.3) is 11.5 Å². The quantitative estimate of drug-likeness (QED) is 0.920. The van der Waals surface area contributed by atoms with E-state index in [4.69, 9.17) is 5.73 Å². The second kappa shape index (κ2) is 6.05. The van der Waals surface area contributed by atoms with Gasteiger partial charge in [-0.05, 0) is 51.3 Å². The van der Waals surface area contributed by atoms with Gasteiger partial charge in [0, 0.05) is 17.6 Å². The first-order valence-electron chi connectivity index (χ1n) is 6.85. The molecule has 0 aliphatic heterocycles. The van der Waals surface area contributed by atoms with Crippen LogP contribution in [0.5, 0.6) is 0 Å². The van der Waals surface area contributed by atoms with Crippen LogP contribution in [-0.4, -0.2) is 26.5 Å². The molecule has 0 aliphatic carbocycles. The number of rotatable bonds is 4. The Morgan fingerprint density at radius 2 is 1.75 bits per heavy atom. The highest BCUT2D eigenvalue weighted by atomic mass is 15.0. The number of aromatic nitrogens is 4. The molecule has 1 unspecified atom stereocenters. The van der Waals surface area contributed by atoms with Crippen LogP contribution in [0, 0.1) is 26.7 Å². The Hall–Kier alpha value is -1.88. The van der Waals surface area contributed by atoms with E-state index in [1.54, 1.807) is 6.20 Å². The minimum absolute atomic E-state index is 0.433. The maximum absolute atomic E-state index is 5.70. The summed E-state index contributed by atoms with van der Waals surface area (Å²) >= 11 is 0. The molecular formula is C15H21N5. The summed E-state index contributed by atoms with van der Waals surface area (Å²) in [6.45, 7) is 8.71. The number of hydrogen-bond acceptors (Lipinski definition) is 5. The maximum atomic E-state index is 5.70. The lowest BCUT2D eigenvalue weighted by Gasteiger charge is -2.14. The lowest BCUT2D eigenvalue weighted by atomic mass is 9.99. The first-order valence-corrected chi connectivity index (χ1v) is 6.85. The Morgan fingerprint density at radius 1 is 1.10 bits per heavy atom. The highest BCUT2D eigenvalue weighted by Gasteiger charge is 2.13. The molecule has 0 saturated heterocycles. The molecule has 0 amide bonds. The summed E-state index contributed by atoms with van der Waals surface area (Å²) in [6.07, 6.45) is 2.65. The van der Waals surface area contributed by atoms with Crippen molar-refractivity contribution >= 4 is 0 Å². The van der Waals surface area contributed by atoms with E-state index in [2.05, 4.69) is 26.9 Å². The number of nitrogens with zero attached hydrogens (tertiary/aromatic N) is 4. The van der Waals surface area contributed by atoms with Crippen molar-refractivity contribution in [2.45, 2.75) is 34.1 Å². The van der Waals surface area contributed by atoms with Crippen LogP contribution in [0.15, 0.2) is 12.3 Å². The molecule has 1 atom stereocenters. The molecule has 0 aliphatic rings. The van der Waals surface area contributed by atoms with Gasteiger partial charge in [-0.1, -0.05) is 6.92 Å². The predicted molar refractivity (Wildman–Crippen MR) is 79.2 cm³/mol. The molecule has 2 heterocycles. The zero-order valence-electron chi connectivity index (χ0n) is 12.5. The molecule has 5 heteroatoms. The molecule has 0 saturated carbocycles. The molecule has 20 heavy (non-hydrogen) atoms. The van der Waals surface area contributed by atoms with E-state index >= 15 is 0 Å². The first kappa shape index (κ1) is 14.5. The highest BCUT2D eigenvalue weighted by Crippen LogP contribution is 2.19. The van der Waals surface area contributed by atoms with Gasteiger partial charge in [-0.2, -0.15) is 0 Å². The van der Waals surface area contributed by atoms with Gasteiger partial charge < -0.3 is 5.73 Å². The minimum Gasteiger partial charge on any atom is -0.330 e. The SMILES string of the molecule is Cc1nccc(-c2nc(C)c(CC(C)CN)c(C)n2)n1. The van der Waals surface area contributed by atoms with Crippen molar-refractivity contribution in [3.8, 4) is 11.5 Å². The Bertz CT molecular complexity index is 586. The fourth-order valence-corrected chi connectivity index (χ4v) is 2.16. The van der Waals surface area contributed by atoms with Crippen molar-refractivity contribution in [1.29, 1.82) is 0 Å². The lowest BCUT2D eigenvalue weighted by Crippen LogP contribution is -2.15. The largest absolute Gasteiger partial charge is 0.330 e. The summed E-state index contributed by atoms with van der Waals surface area (Å²) in [7, 11) is 0. The Balaban J connectivity index is 2.40. The molecule has 5 nitrogen and oxygen atoms in total. The van der Waals surface area contributed by atoms with E-state index in [9.17, 15) is 0 Å². The Morgan fingerprint density at radius 3 is 2.30 bits per heavy atom. The smallest absolute Gasteiger partial charge is 0.178 e. The standard InChI is InChI=1S/C15H21N5/c1-9(8-16)7-13-10(2)18-15(19-11(13)3)14-5-6-17-12(4)20-14/h5-6,9H,7-8,16H2,1-4H3. The van der Waals surface area contributed by atoms with Gasteiger partial charge >= 0.3 is 0 Å². The molecule has 0 radical (unpaired) electrons. The first-order chi connectivity index (χ1) is 9.51. The molecule has 0 aromatic carbocycles. The zero-order valence-corrected chi connectivity index (χ0v) is 12.5. The van der Waals surface area contributed by atoms with Gasteiger partial charge in [0.15, 0.2) is 5.82 Å². The summed E-state index contributed by atoms with van der Waals surface area (Å²) in [5.74, 6) is 1.82. The van der Waals surface area contributed by atoms with Crippen LogP contribution in [0.3, 0.4) is 0 Å². The summed E-state index contributed by atoms with van der Waals surface area (Å²) in [4.78, 5) is 17.7. The van der Waals surface area contributed by atoms with Crippen LogP contribution in [-0.2, 0) is 6.42 Å². The summed E-state index contributed by atoms with van der Waals surface area (Å²) < 4.78 is 0. The fourth-order valence-electron chi connectivity index (χ4n) is 2.16. The highest BCUT2D eigenvalue weighted by molar-refractivity contribution is 5.49. The van der Waals surface area contributed by atoms with Gasteiger partial charge in [0.2, 0.25) is 0 Å². The van der Waals surface area contributed by atoms with E-state index in [1.165, 1.54) is 5.56 Å². The average Bonchev–Trinajstić information content (AvgIpc) is 2.42. The normalized spacial score (nSPS) is 12.4. The molecule has 2 rings (SSSR count). The van der Waals surface area contributed by atoms with Gasteiger partial charge in [0.25, 0.3) is 0 Å². The summed E-state index contributed by atoms with van der Waals surface area (Å²) in [5, 5.41) is 0. The molecule has 2 aromatic rings. The lowest BCUT2D eigenvalue weighted by molar-refractivity contribution is 0.586. The maximum Gasteiger partial charge on any atom is 0.178 e. The van der Waals surface area contributed by atoms with Crippen LogP contribution >= 0.6 is 0 Å². The van der Waals surface area contributed by atoms with Crippen molar-refractivity contribution in [3.63, 3.8) is 0 Å². The van der Waals surface area contributed by atoms with E-state index in [0.29, 0.717) is 18.3 Å². The van der Waals surface area contributed by atoms with Gasteiger partial charge in [-0.25, -0.2) is 19.9 Å². The zero-order chi connectivity index (χ0) is 14.7. The van der Waals surface area contributed by atoms with Gasteiger partial charge in [0.05, 0.1) is 0 Å². The fraction of sp³-hybridized carbons (Fsp3) is 0.467. The Labute approximate surface area is 119 Å². The van der Waals surface area contributed by atoms with Gasteiger partial charge in [0.1, 0.15) is 11.5 Å². The third-order valence-corrected chi connectivity index (χ3v) is 3.38. The number of hydrogen-bond donors (Lipinski definition) is 1. The van der Waals surface area contributed by atoms with Crippen molar-refractivity contribution in [2.75, 3.05) is 6.54 Å². The van der Waals surface area contributed by atoms with E-state index in [-0.39, 0.29) is 0 Å². The van der Waals surface area contributed by atoms with E-state index < -0.39 is 0 Å². The van der Waals surface area contributed by atoms with Crippen molar-refractivity contribution in [3.05, 3.63) is 35.0 Å². The van der Waals surface area contributed by atoms with Crippen LogP contribution in [0.4, 0.5) is 0 Å². The van der Waals surface area contributed by atoms with E-state index in [0.717, 1.165) is 29.3 Å². The predicted octanol–water partition coefficient (Wildman–Crippen LogP) is 2.00. The van der Waals surface area contributed by atoms with Crippen molar-refractivity contribution in [2.24, 2.45) is 11.7 Å². The van der Waals surface area contributed by atoms with Crippen molar-refractivity contribution in [1.82, 2.24) is 19.9 Å². The third kappa shape index (κ3) is 3.17. The molecule has 0 spiro atoms. The molecular weight excluding hydrogens is 250 g/mol. The second-order valence-electron chi connectivity index (χ2n) is 5.23. The molecule has 2 N–H and O–H groups in total. The number of nitrogens with two attached hydrogens (primary N) is 1. The third-order valence-electron chi connectivity index (χ3n) is 3.38. The van der Waals surface area contributed by atoms with Crippen LogP contribution < -0.4 is 5.73 Å². The minimum atomic E-state index is 0.433. The van der Waals surface area contributed by atoms with Crippen LogP contribution in [0.2, 0.25) is 0 Å². The molecule has 2 aromatic heterocycles. The monoisotopic (exact) mass is 271 g/mol. The van der Waals surface area contributed by atoms with Crippen LogP contribution in [0.1, 0.15) is 29.7 Å². The summed E-state index contributed by atoms with van der Waals surface area (Å²) in [6, 6.07) is 1.84. The molecule has 0 bridgehead atoms. The molecule has 106 valence electrons. The Kier molecular flexibility index (Phi) is 4.39.